The highest BCUT2D eigenvalue weighted by Crippen LogP contribution is 2.24. The largest absolute Gasteiger partial charge is 0.454 e. The number of rotatable bonds is 6. The highest BCUT2D eigenvalue weighted by atomic mass is 35.5. The van der Waals surface area contributed by atoms with Gasteiger partial charge in [0.2, 0.25) is 10.0 Å². The third-order valence-corrected chi connectivity index (χ3v) is 7.37. The summed E-state index contributed by atoms with van der Waals surface area (Å²) in [5.41, 5.74) is 1.58. The number of fused-ring (bicyclic) bond motifs is 1. The first kappa shape index (κ1) is 21.8. The predicted molar refractivity (Wildman–Crippen MR) is 116 cm³/mol. The highest BCUT2D eigenvalue weighted by molar-refractivity contribution is 7.89. The Kier molecular flexibility index (Phi) is 6.29. The van der Waals surface area contributed by atoms with Gasteiger partial charge in [0.25, 0.3) is 0 Å². The van der Waals surface area contributed by atoms with Crippen molar-refractivity contribution in [1.29, 1.82) is 0 Å². The van der Waals surface area contributed by atoms with Crippen LogP contribution in [0.1, 0.15) is 23.1 Å². The zero-order valence-electron chi connectivity index (χ0n) is 17.0. The van der Waals surface area contributed by atoms with E-state index >= 15 is 0 Å². The van der Waals surface area contributed by atoms with Gasteiger partial charge in [0.1, 0.15) is 12.4 Å². The first-order valence-corrected chi connectivity index (χ1v) is 11.7. The first-order chi connectivity index (χ1) is 14.9. The van der Waals surface area contributed by atoms with Gasteiger partial charge in [-0.3, -0.25) is 0 Å². The molecule has 1 aromatic heterocycles. The Hall–Kier alpha value is -2.46. The van der Waals surface area contributed by atoms with Crippen LogP contribution in [0, 0.1) is 0 Å². The first-order valence-electron chi connectivity index (χ1n) is 9.90. The van der Waals surface area contributed by atoms with Crippen LogP contribution < -0.4 is 0 Å². The molecule has 1 saturated heterocycles. The van der Waals surface area contributed by atoms with Crippen LogP contribution in [-0.2, 0) is 32.6 Å². The molecule has 1 aliphatic rings. The Morgan fingerprint density at radius 3 is 2.65 bits per heavy atom. The third kappa shape index (κ3) is 4.31. The molecule has 0 unspecified atom stereocenters. The normalized spacial score (nSPS) is 15.3. The van der Waals surface area contributed by atoms with E-state index in [2.05, 4.69) is 4.98 Å². The number of aromatic nitrogens is 2. The van der Waals surface area contributed by atoms with Crippen molar-refractivity contribution in [3.8, 4) is 0 Å². The van der Waals surface area contributed by atoms with Crippen LogP contribution in [0.5, 0.6) is 0 Å². The molecule has 2 heterocycles. The lowest BCUT2D eigenvalue weighted by atomic mass is 10.2. The van der Waals surface area contributed by atoms with Crippen molar-refractivity contribution in [2.24, 2.45) is 0 Å². The Morgan fingerprint density at radius 2 is 1.94 bits per heavy atom. The minimum atomic E-state index is -3.63. The van der Waals surface area contributed by atoms with Crippen molar-refractivity contribution in [3.05, 3.63) is 58.9 Å². The Morgan fingerprint density at radius 1 is 1.19 bits per heavy atom. The smallest absolute Gasteiger partial charge is 0.340 e. The van der Waals surface area contributed by atoms with E-state index in [9.17, 15) is 13.2 Å². The zero-order valence-corrected chi connectivity index (χ0v) is 18.5. The molecule has 31 heavy (non-hydrogen) atoms. The molecule has 4 rings (SSSR count). The molecule has 1 fully saturated rings. The van der Waals surface area contributed by atoms with Gasteiger partial charge in [-0.25, -0.2) is 18.2 Å². The summed E-state index contributed by atoms with van der Waals surface area (Å²) in [6, 6.07) is 11.5. The van der Waals surface area contributed by atoms with Crippen LogP contribution in [0.25, 0.3) is 11.0 Å². The van der Waals surface area contributed by atoms with E-state index < -0.39 is 16.0 Å². The maximum absolute atomic E-state index is 12.9. The summed E-state index contributed by atoms with van der Waals surface area (Å²) in [5.74, 6) is -0.0188. The number of sulfonamides is 1. The molecule has 0 aliphatic carbocycles. The van der Waals surface area contributed by atoms with Gasteiger partial charge < -0.3 is 14.0 Å². The second-order valence-electron chi connectivity index (χ2n) is 7.00. The average Bonchev–Trinajstić information content (AvgIpc) is 3.15. The zero-order chi connectivity index (χ0) is 22.0. The van der Waals surface area contributed by atoms with Crippen LogP contribution >= 0.6 is 11.6 Å². The number of halogens is 1. The number of nitrogens with zero attached hydrogens (tertiary/aromatic N) is 3. The van der Waals surface area contributed by atoms with Crippen molar-refractivity contribution in [3.63, 3.8) is 0 Å². The molecule has 0 radical (unpaired) electrons. The summed E-state index contributed by atoms with van der Waals surface area (Å²) < 4.78 is 39.9. The summed E-state index contributed by atoms with van der Waals surface area (Å²) in [6.45, 7) is 3.89. The van der Waals surface area contributed by atoms with Crippen LogP contribution in [0.4, 0.5) is 0 Å². The van der Waals surface area contributed by atoms with Gasteiger partial charge >= 0.3 is 5.97 Å². The fourth-order valence-electron chi connectivity index (χ4n) is 3.55. The predicted octanol–water partition coefficient (Wildman–Crippen LogP) is 3.09. The second kappa shape index (κ2) is 8.96. The molecular formula is C21H22ClN3O5S. The summed E-state index contributed by atoms with van der Waals surface area (Å²) in [5, 5.41) is 0.314. The summed E-state index contributed by atoms with van der Waals surface area (Å²) in [4.78, 5) is 17.1. The number of morpholine rings is 1. The van der Waals surface area contributed by atoms with E-state index in [1.807, 2.05) is 11.5 Å². The average molecular weight is 464 g/mol. The van der Waals surface area contributed by atoms with Crippen LogP contribution in [0.2, 0.25) is 5.02 Å². The molecule has 2 aromatic carbocycles. The fourth-order valence-corrected chi connectivity index (χ4v) is 5.19. The molecule has 0 spiro atoms. The number of carbonyl (C=O) groups is 1. The van der Waals surface area contributed by atoms with Gasteiger partial charge in [0.15, 0.2) is 0 Å². The number of hydrogen-bond acceptors (Lipinski definition) is 6. The van der Waals surface area contributed by atoms with Gasteiger partial charge in [0.05, 0.1) is 39.7 Å². The SMILES string of the molecule is CCn1c(COC(=O)c2ccccc2Cl)nc2cc(S(=O)(=O)N3CCOCC3)ccc21. The topological polar surface area (TPSA) is 90.7 Å². The minimum absolute atomic E-state index is 0.0574. The standard InChI is InChI=1S/C21H22ClN3O5S/c1-2-25-19-8-7-15(31(27,28)24-9-11-29-12-10-24)13-18(19)23-20(25)14-30-21(26)16-5-3-4-6-17(16)22/h3-8,13H,2,9-12,14H2,1H3. The molecule has 1 aliphatic heterocycles. The van der Waals surface area contributed by atoms with Crippen LogP contribution in [-0.4, -0.2) is 54.5 Å². The molecule has 8 nitrogen and oxygen atoms in total. The number of imidazole rings is 1. The Bertz CT molecular complexity index is 1220. The number of carbonyl (C=O) groups excluding carboxylic acids is 1. The molecule has 0 N–H and O–H groups in total. The maximum Gasteiger partial charge on any atom is 0.340 e. The summed E-state index contributed by atoms with van der Waals surface area (Å²) in [6.07, 6.45) is 0. The Balaban J connectivity index is 1.60. The molecule has 0 saturated carbocycles. The molecule has 0 bridgehead atoms. The van der Waals surface area contributed by atoms with E-state index in [0.29, 0.717) is 49.2 Å². The number of hydrogen-bond donors (Lipinski definition) is 0. The minimum Gasteiger partial charge on any atom is -0.454 e. The number of ether oxygens (including phenoxy) is 2. The van der Waals surface area contributed by atoms with Gasteiger partial charge in [0, 0.05) is 19.6 Å². The monoisotopic (exact) mass is 463 g/mol. The summed E-state index contributed by atoms with van der Waals surface area (Å²) in [7, 11) is -3.63. The number of esters is 1. The number of aryl methyl sites for hydroxylation is 1. The van der Waals surface area contributed by atoms with Gasteiger partial charge in [-0.15, -0.1) is 0 Å². The van der Waals surface area contributed by atoms with E-state index in [1.165, 1.54) is 4.31 Å². The lowest BCUT2D eigenvalue weighted by Crippen LogP contribution is -2.40. The van der Waals surface area contributed by atoms with Crippen molar-refractivity contribution in [2.75, 3.05) is 26.3 Å². The van der Waals surface area contributed by atoms with Crippen LogP contribution in [0.3, 0.4) is 0 Å². The van der Waals surface area contributed by atoms with Gasteiger partial charge in [-0.2, -0.15) is 4.31 Å². The molecule has 0 atom stereocenters. The van der Waals surface area contributed by atoms with E-state index in [0.717, 1.165) is 5.52 Å². The Labute approximate surface area is 185 Å². The maximum atomic E-state index is 12.9. The lowest BCUT2D eigenvalue weighted by Gasteiger charge is -2.26. The second-order valence-corrected chi connectivity index (χ2v) is 9.34. The van der Waals surface area contributed by atoms with Crippen LogP contribution in [0.15, 0.2) is 47.4 Å². The highest BCUT2D eigenvalue weighted by Gasteiger charge is 2.27. The number of benzene rings is 2. The van der Waals surface area contributed by atoms with Crippen molar-refractivity contribution in [2.45, 2.75) is 25.0 Å². The van der Waals surface area contributed by atoms with Crippen molar-refractivity contribution >= 4 is 38.6 Å². The third-order valence-electron chi connectivity index (χ3n) is 5.15. The van der Waals surface area contributed by atoms with Gasteiger partial charge in [-0.05, 0) is 37.3 Å². The van der Waals surface area contributed by atoms with Crippen molar-refractivity contribution in [1.82, 2.24) is 13.9 Å². The molecule has 164 valence electrons. The van der Waals surface area contributed by atoms with E-state index in [4.69, 9.17) is 21.1 Å². The fraction of sp³-hybridized carbons (Fsp3) is 0.333. The lowest BCUT2D eigenvalue weighted by molar-refractivity contribution is 0.0459. The quantitative estimate of drug-likeness (QED) is 0.522. The van der Waals surface area contributed by atoms with E-state index in [1.54, 1.807) is 42.5 Å². The van der Waals surface area contributed by atoms with E-state index in [-0.39, 0.29) is 17.1 Å². The molecular weight excluding hydrogens is 442 g/mol. The van der Waals surface area contributed by atoms with Crippen molar-refractivity contribution < 1.29 is 22.7 Å². The summed E-state index contributed by atoms with van der Waals surface area (Å²) >= 11 is 6.06. The molecule has 3 aromatic rings. The molecule has 0 amide bonds. The van der Waals surface area contributed by atoms with Gasteiger partial charge in [-0.1, -0.05) is 23.7 Å². The molecule has 10 heteroatoms.